The lowest BCUT2D eigenvalue weighted by Crippen LogP contribution is -2.35. The van der Waals surface area contributed by atoms with Crippen molar-refractivity contribution in [2.24, 2.45) is 5.92 Å². The molecular formula is C26H32N2OS. The number of aryl methyl sites for hydroxylation is 1. The maximum Gasteiger partial charge on any atom is 0.255 e. The number of carbonyl (C=O) groups excluding carboxylic acids is 1. The third kappa shape index (κ3) is 4.60. The van der Waals surface area contributed by atoms with Gasteiger partial charge in [-0.15, -0.1) is 11.3 Å². The fraction of sp³-hybridized carbons (Fsp3) is 0.423. The summed E-state index contributed by atoms with van der Waals surface area (Å²) in [6.45, 7) is 10.3. The normalized spacial score (nSPS) is 15.7. The van der Waals surface area contributed by atoms with Gasteiger partial charge in [-0.2, -0.15) is 0 Å². The fourth-order valence-electron chi connectivity index (χ4n) is 4.63. The van der Waals surface area contributed by atoms with Gasteiger partial charge in [0.25, 0.3) is 5.91 Å². The summed E-state index contributed by atoms with van der Waals surface area (Å²) in [7, 11) is 0. The number of nitrogens with zero attached hydrogens (tertiary/aromatic N) is 1. The largest absolute Gasteiger partial charge is 0.322 e. The maximum absolute atomic E-state index is 12.9. The van der Waals surface area contributed by atoms with Crippen LogP contribution in [0.4, 0.5) is 5.69 Å². The summed E-state index contributed by atoms with van der Waals surface area (Å²) < 4.78 is 1.31. The highest BCUT2D eigenvalue weighted by molar-refractivity contribution is 7.17. The Labute approximate surface area is 184 Å². The van der Waals surface area contributed by atoms with E-state index in [0.717, 1.165) is 29.2 Å². The summed E-state index contributed by atoms with van der Waals surface area (Å²) in [5.74, 6) is 1.33. The molecule has 0 spiro atoms. The highest BCUT2D eigenvalue weighted by atomic mass is 32.1. The van der Waals surface area contributed by atoms with Crippen molar-refractivity contribution < 1.29 is 4.79 Å². The van der Waals surface area contributed by atoms with Crippen molar-refractivity contribution in [3.63, 3.8) is 0 Å². The molecule has 158 valence electrons. The zero-order valence-corrected chi connectivity index (χ0v) is 19.1. The van der Waals surface area contributed by atoms with Gasteiger partial charge in [-0.1, -0.05) is 39.0 Å². The second kappa shape index (κ2) is 9.32. The van der Waals surface area contributed by atoms with Crippen LogP contribution < -0.4 is 5.32 Å². The van der Waals surface area contributed by atoms with Gasteiger partial charge in [-0.05, 0) is 90.3 Å². The molecule has 2 aromatic carbocycles. The summed E-state index contributed by atoms with van der Waals surface area (Å²) in [5.41, 5.74) is 4.20. The summed E-state index contributed by atoms with van der Waals surface area (Å²) >= 11 is 1.82. The van der Waals surface area contributed by atoms with E-state index in [1.165, 1.54) is 48.1 Å². The number of thiophene rings is 1. The predicted octanol–water partition coefficient (Wildman–Crippen LogP) is 6.55. The molecule has 0 bridgehead atoms. The van der Waals surface area contributed by atoms with E-state index in [1.54, 1.807) is 0 Å². The van der Waals surface area contributed by atoms with E-state index >= 15 is 0 Å². The molecule has 4 rings (SSSR count). The van der Waals surface area contributed by atoms with Crippen LogP contribution in [-0.4, -0.2) is 30.4 Å². The Kier molecular flexibility index (Phi) is 6.55. The number of nitrogens with one attached hydrogen (secondary N) is 1. The minimum absolute atomic E-state index is 0.0226. The highest BCUT2D eigenvalue weighted by Crippen LogP contribution is 2.38. The van der Waals surface area contributed by atoms with Crippen LogP contribution in [0.25, 0.3) is 10.1 Å². The molecule has 2 heterocycles. The lowest BCUT2D eigenvalue weighted by Gasteiger charge is -2.33. The quantitative estimate of drug-likeness (QED) is 0.490. The van der Waals surface area contributed by atoms with Gasteiger partial charge < -0.3 is 10.2 Å². The molecule has 0 unspecified atom stereocenters. The summed E-state index contributed by atoms with van der Waals surface area (Å²) in [6.07, 6.45) is 3.30. The second-order valence-corrected chi connectivity index (χ2v) is 9.75. The van der Waals surface area contributed by atoms with Crippen molar-refractivity contribution in [1.82, 2.24) is 4.90 Å². The van der Waals surface area contributed by atoms with Gasteiger partial charge in [-0.25, -0.2) is 0 Å². The Morgan fingerprint density at radius 3 is 2.67 bits per heavy atom. The molecule has 4 heteroatoms. The molecule has 0 saturated carbocycles. The van der Waals surface area contributed by atoms with Gasteiger partial charge in [-0.3, -0.25) is 4.79 Å². The first kappa shape index (κ1) is 21.1. The van der Waals surface area contributed by atoms with Crippen LogP contribution >= 0.6 is 11.3 Å². The zero-order valence-electron chi connectivity index (χ0n) is 18.3. The smallest absolute Gasteiger partial charge is 0.255 e. The number of hydrogen-bond donors (Lipinski definition) is 1. The summed E-state index contributed by atoms with van der Waals surface area (Å²) in [4.78, 5) is 15.5. The lowest BCUT2D eigenvalue weighted by molar-refractivity contribution is 0.102. The number of hydrogen-bond acceptors (Lipinski definition) is 3. The Hall–Kier alpha value is -2.17. The molecule has 1 aliphatic heterocycles. The first-order valence-corrected chi connectivity index (χ1v) is 12.1. The van der Waals surface area contributed by atoms with Crippen LogP contribution in [0.2, 0.25) is 0 Å². The summed E-state index contributed by atoms with van der Waals surface area (Å²) in [5, 5.41) is 6.78. The maximum atomic E-state index is 12.9. The Balaban J connectivity index is 1.51. The molecule has 0 aliphatic carbocycles. The molecule has 1 saturated heterocycles. The van der Waals surface area contributed by atoms with E-state index in [-0.39, 0.29) is 5.91 Å². The zero-order chi connectivity index (χ0) is 21.1. The third-order valence-electron chi connectivity index (χ3n) is 6.15. The van der Waals surface area contributed by atoms with Crippen molar-refractivity contribution in [1.29, 1.82) is 0 Å². The number of anilines is 1. The number of likely N-dealkylation sites (tertiary alicyclic amines) is 1. The van der Waals surface area contributed by atoms with E-state index in [1.807, 2.05) is 41.7 Å². The van der Waals surface area contributed by atoms with Crippen molar-refractivity contribution in [2.75, 3.05) is 25.0 Å². The van der Waals surface area contributed by atoms with E-state index in [4.69, 9.17) is 0 Å². The number of piperidine rings is 1. The molecular weight excluding hydrogens is 388 g/mol. The third-order valence-corrected chi connectivity index (χ3v) is 7.14. The number of benzene rings is 2. The average Bonchev–Trinajstić information content (AvgIpc) is 3.17. The molecule has 1 amide bonds. The minimum atomic E-state index is -0.0226. The summed E-state index contributed by atoms with van der Waals surface area (Å²) in [6, 6.07) is 14.2. The van der Waals surface area contributed by atoms with Crippen LogP contribution in [0.3, 0.4) is 0 Å². The number of amides is 1. The molecule has 3 nitrogen and oxygen atoms in total. The van der Waals surface area contributed by atoms with Crippen LogP contribution in [0.1, 0.15) is 61.0 Å². The molecule has 1 aliphatic rings. The van der Waals surface area contributed by atoms with Crippen molar-refractivity contribution >= 4 is 33.0 Å². The SMILES string of the molecule is CCc1ccccc1C(=O)Nc1ccc2scc(C3CCN(CC(C)C)CC3)c2c1. The molecule has 30 heavy (non-hydrogen) atoms. The van der Waals surface area contributed by atoms with Crippen LogP contribution in [0.15, 0.2) is 47.8 Å². The molecule has 1 N–H and O–H groups in total. The monoisotopic (exact) mass is 420 g/mol. The van der Waals surface area contributed by atoms with Gasteiger partial charge in [0.2, 0.25) is 0 Å². The van der Waals surface area contributed by atoms with Gasteiger partial charge in [0.15, 0.2) is 0 Å². The number of rotatable bonds is 6. The first-order valence-electron chi connectivity index (χ1n) is 11.2. The van der Waals surface area contributed by atoms with E-state index in [2.05, 4.69) is 48.5 Å². The minimum Gasteiger partial charge on any atom is -0.322 e. The van der Waals surface area contributed by atoms with Crippen LogP contribution in [-0.2, 0) is 6.42 Å². The van der Waals surface area contributed by atoms with Gasteiger partial charge >= 0.3 is 0 Å². The van der Waals surface area contributed by atoms with E-state index in [9.17, 15) is 4.79 Å². The molecule has 0 atom stereocenters. The van der Waals surface area contributed by atoms with Crippen molar-refractivity contribution in [3.8, 4) is 0 Å². The fourth-order valence-corrected chi connectivity index (χ4v) is 5.66. The second-order valence-electron chi connectivity index (χ2n) is 8.84. The molecule has 1 fully saturated rings. The Morgan fingerprint density at radius 1 is 1.17 bits per heavy atom. The lowest BCUT2D eigenvalue weighted by atomic mass is 9.89. The first-order chi connectivity index (χ1) is 14.5. The van der Waals surface area contributed by atoms with Crippen molar-refractivity contribution in [3.05, 3.63) is 64.5 Å². The molecule has 0 radical (unpaired) electrons. The Morgan fingerprint density at radius 2 is 1.93 bits per heavy atom. The molecule has 1 aromatic heterocycles. The van der Waals surface area contributed by atoms with Crippen molar-refractivity contribution in [2.45, 2.75) is 46.0 Å². The van der Waals surface area contributed by atoms with Crippen LogP contribution in [0, 0.1) is 5.92 Å². The van der Waals surface area contributed by atoms with Gasteiger partial charge in [0.05, 0.1) is 0 Å². The number of fused-ring (bicyclic) bond motifs is 1. The average molecular weight is 421 g/mol. The van der Waals surface area contributed by atoms with Crippen LogP contribution in [0.5, 0.6) is 0 Å². The number of carbonyl (C=O) groups is 1. The predicted molar refractivity (Wildman–Crippen MR) is 129 cm³/mol. The van der Waals surface area contributed by atoms with E-state index in [0.29, 0.717) is 5.92 Å². The highest BCUT2D eigenvalue weighted by Gasteiger charge is 2.23. The van der Waals surface area contributed by atoms with E-state index < -0.39 is 0 Å². The Bertz CT molecular complexity index is 1010. The standard InChI is InChI=1S/C26H32N2OS/c1-4-19-7-5-6-8-22(19)26(29)27-21-9-10-25-23(15-21)24(17-30-25)20-11-13-28(14-12-20)16-18(2)3/h5-10,15,17-18,20H,4,11-14,16H2,1-3H3,(H,27,29). The molecule has 3 aromatic rings. The topological polar surface area (TPSA) is 32.3 Å². The van der Waals surface area contributed by atoms with Gasteiger partial charge in [0.1, 0.15) is 0 Å². The van der Waals surface area contributed by atoms with Gasteiger partial charge in [0, 0.05) is 22.5 Å².